The predicted molar refractivity (Wildman–Crippen MR) is 109 cm³/mol. The van der Waals surface area contributed by atoms with E-state index in [-0.39, 0.29) is 5.41 Å². The van der Waals surface area contributed by atoms with E-state index in [0.29, 0.717) is 30.5 Å². The molecule has 0 aromatic heterocycles. The van der Waals surface area contributed by atoms with Crippen molar-refractivity contribution in [2.75, 3.05) is 13.2 Å². The van der Waals surface area contributed by atoms with E-state index in [1.165, 1.54) is 11.6 Å². The summed E-state index contributed by atoms with van der Waals surface area (Å²) in [5.74, 6) is 1.45. The zero-order valence-corrected chi connectivity index (χ0v) is 16.7. The van der Waals surface area contributed by atoms with Gasteiger partial charge in [-0.05, 0) is 60.7 Å². The van der Waals surface area contributed by atoms with E-state index in [2.05, 4.69) is 20.8 Å². The van der Waals surface area contributed by atoms with Crippen LogP contribution in [0, 0.1) is 0 Å². The highest BCUT2D eigenvalue weighted by atomic mass is 16.5. The SMILES string of the molecule is CCOc1ccc(/C=C/C(=O)Oc2ccc(C(C)(C)C)cc2)cc1OCC. The monoisotopic (exact) mass is 368 g/mol. The Bertz CT molecular complexity index is 783. The van der Waals surface area contributed by atoms with Crippen LogP contribution in [0.4, 0.5) is 0 Å². The molecule has 4 heteroatoms. The van der Waals surface area contributed by atoms with Gasteiger partial charge in [0.2, 0.25) is 0 Å². The van der Waals surface area contributed by atoms with Gasteiger partial charge in [0.1, 0.15) is 5.75 Å². The first-order valence-corrected chi connectivity index (χ1v) is 9.23. The molecule has 0 heterocycles. The summed E-state index contributed by atoms with van der Waals surface area (Å²) < 4.78 is 16.5. The maximum Gasteiger partial charge on any atom is 0.336 e. The summed E-state index contributed by atoms with van der Waals surface area (Å²) in [5, 5.41) is 0. The lowest BCUT2D eigenvalue weighted by Crippen LogP contribution is -2.11. The second kappa shape index (κ2) is 9.26. The minimum absolute atomic E-state index is 0.0639. The molecule has 27 heavy (non-hydrogen) atoms. The van der Waals surface area contributed by atoms with Crippen LogP contribution in [-0.2, 0) is 10.2 Å². The Kier molecular flexibility index (Phi) is 7.05. The molecule has 0 aliphatic heterocycles. The van der Waals surface area contributed by atoms with Gasteiger partial charge in [0.15, 0.2) is 11.5 Å². The van der Waals surface area contributed by atoms with Gasteiger partial charge >= 0.3 is 5.97 Å². The first-order chi connectivity index (χ1) is 12.8. The van der Waals surface area contributed by atoms with Crippen LogP contribution < -0.4 is 14.2 Å². The summed E-state index contributed by atoms with van der Waals surface area (Å²) in [4.78, 5) is 12.1. The van der Waals surface area contributed by atoms with Gasteiger partial charge in [0.25, 0.3) is 0 Å². The molecule has 0 spiro atoms. The number of benzene rings is 2. The Hall–Kier alpha value is -2.75. The average Bonchev–Trinajstić information content (AvgIpc) is 2.62. The highest BCUT2D eigenvalue weighted by Gasteiger charge is 2.13. The van der Waals surface area contributed by atoms with Gasteiger partial charge in [-0.15, -0.1) is 0 Å². The lowest BCUT2D eigenvalue weighted by Gasteiger charge is -2.18. The van der Waals surface area contributed by atoms with Crippen molar-refractivity contribution in [3.05, 3.63) is 59.7 Å². The molecular weight excluding hydrogens is 340 g/mol. The van der Waals surface area contributed by atoms with Gasteiger partial charge in [0, 0.05) is 6.08 Å². The van der Waals surface area contributed by atoms with Crippen molar-refractivity contribution in [1.82, 2.24) is 0 Å². The molecule has 0 saturated heterocycles. The van der Waals surface area contributed by atoms with Crippen LogP contribution in [0.1, 0.15) is 45.7 Å². The molecule has 0 amide bonds. The molecule has 0 bridgehead atoms. The molecular formula is C23H28O4. The molecule has 4 nitrogen and oxygen atoms in total. The summed E-state index contributed by atoms with van der Waals surface area (Å²) in [7, 11) is 0. The molecule has 0 atom stereocenters. The fourth-order valence-electron chi connectivity index (χ4n) is 2.51. The zero-order chi connectivity index (χ0) is 19.9. The maximum atomic E-state index is 12.1. The van der Waals surface area contributed by atoms with Gasteiger partial charge < -0.3 is 14.2 Å². The molecule has 0 aliphatic carbocycles. The van der Waals surface area contributed by atoms with Crippen molar-refractivity contribution < 1.29 is 19.0 Å². The highest BCUT2D eigenvalue weighted by molar-refractivity contribution is 5.88. The summed E-state index contributed by atoms with van der Waals surface area (Å²) in [6.45, 7) is 11.4. The number of ether oxygens (including phenoxy) is 3. The molecule has 0 fully saturated rings. The standard InChI is InChI=1S/C23H28O4/c1-6-25-20-14-8-17(16-21(20)26-7-2)9-15-22(24)27-19-12-10-18(11-13-19)23(3,4)5/h8-16H,6-7H2,1-5H3/b15-9+. The molecule has 0 saturated carbocycles. The van der Waals surface area contributed by atoms with Crippen LogP contribution in [0.5, 0.6) is 17.2 Å². The number of carbonyl (C=O) groups excluding carboxylic acids is 1. The summed E-state index contributed by atoms with van der Waals surface area (Å²) in [6, 6.07) is 13.1. The van der Waals surface area contributed by atoms with Gasteiger partial charge in [-0.25, -0.2) is 4.79 Å². The van der Waals surface area contributed by atoms with Gasteiger partial charge in [-0.2, -0.15) is 0 Å². The van der Waals surface area contributed by atoms with E-state index in [1.54, 1.807) is 6.08 Å². The van der Waals surface area contributed by atoms with Gasteiger partial charge in [0.05, 0.1) is 13.2 Å². The first kappa shape index (κ1) is 20.6. The Morgan fingerprint density at radius 3 is 2.15 bits per heavy atom. The van der Waals surface area contributed by atoms with Crippen molar-refractivity contribution in [2.45, 2.75) is 40.0 Å². The molecule has 0 aliphatic rings. The lowest BCUT2D eigenvalue weighted by molar-refractivity contribution is -0.128. The smallest absolute Gasteiger partial charge is 0.336 e. The second-order valence-electron chi connectivity index (χ2n) is 7.10. The van der Waals surface area contributed by atoms with Crippen molar-refractivity contribution in [3.63, 3.8) is 0 Å². The van der Waals surface area contributed by atoms with E-state index in [9.17, 15) is 4.79 Å². The zero-order valence-electron chi connectivity index (χ0n) is 16.7. The van der Waals surface area contributed by atoms with Gasteiger partial charge in [-0.3, -0.25) is 0 Å². The Balaban J connectivity index is 2.04. The highest BCUT2D eigenvalue weighted by Crippen LogP contribution is 2.29. The lowest BCUT2D eigenvalue weighted by atomic mass is 9.87. The Morgan fingerprint density at radius 1 is 0.926 bits per heavy atom. The van der Waals surface area contributed by atoms with Crippen LogP contribution in [0.15, 0.2) is 48.5 Å². The van der Waals surface area contributed by atoms with Crippen LogP contribution in [0.2, 0.25) is 0 Å². The molecule has 2 aromatic rings. The van der Waals surface area contributed by atoms with Crippen LogP contribution >= 0.6 is 0 Å². The fourth-order valence-corrected chi connectivity index (χ4v) is 2.51. The Morgan fingerprint density at radius 2 is 1.56 bits per heavy atom. The van der Waals surface area contributed by atoms with E-state index >= 15 is 0 Å². The normalized spacial score (nSPS) is 11.4. The Labute approximate surface area is 161 Å². The fraction of sp³-hybridized carbons (Fsp3) is 0.348. The molecule has 2 rings (SSSR count). The molecule has 0 radical (unpaired) electrons. The minimum atomic E-state index is -0.426. The number of rotatable bonds is 7. The maximum absolute atomic E-state index is 12.1. The van der Waals surface area contributed by atoms with Crippen LogP contribution in [0.3, 0.4) is 0 Å². The largest absolute Gasteiger partial charge is 0.490 e. The van der Waals surface area contributed by atoms with Crippen molar-refractivity contribution >= 4 is 12.0 Å². The third-order valence-corrected chi connectivity index (χ3v) is 3.92. The molecule has 144 valence electrons. The van der Waals surface area contributed by atoms with Crippen molar-refractivity contribution in [3.8, 4) is 17.2 Å². The number of carbonyl (C=O) groups is 1. The predicted octanol–water partition coefficient (Wildman–Crippen LogP) is 5.40. The quantitative estimate of drug-likeness (QED) is 0.373. The minimum Gasteiger partial charge on any atom is -0.490 e. The summed E-state index contributed by atoms with van der Waals surface area (Å²) >= 11 is 0. The number of esters is 1. The number of hydrogen-bond donors (Lipinski definition) is 0. The van der Waals surface area contributed by atoms with E-state index in [0.717, 1.165) is 5.56 Å². The second-order valence-corrected chi connectivity index (χ2v) is 7.10. The molecule has 2 aromatic carbocycles. The molecule has 0 N–H and O–H groups in total. The van der Waals surface area contributed by atoms with Crippen molar-refractivity contribution in [1.29, 1.82) is 0 Å². The van der Waals surface area contributed by atoms with E-state index in [1.807, 2.05) is 56.3 Å². The van der Waals surface area contributed by atoms with Gasteiger partial charge in [-0.1, -0.05) is 39.0 Å². The average molecular weight is 368 g/mol. The summed E-state index contributed by atoms with van der Waals surface area (Å²) in [5.41, 5.74) is 2.09. The summed E-state index contributed by atoms with van der Waals surface area (Å²) in [6.07, 6.45) is 3.10. The molecule has 0 unspecified atom stereocenters. The van der Waals surface area contributed by atoms with E-state index in [4.69, 9.17) is 14.2 Å². The number of hydrogen-bond acceptors (Lipinski definition) is 4. The third-order valence-electron chi connectivity index (χ3n) is 3.92. The van der Waals surface area contributed by atoms with E-state index < -0.39 is 5.97 Å². The topological polar surface area (TPSA) is 44.8 Å². The third kappa shape index (κ3) is 6.17. The van der Waals surface area contributed by atoms with Crippen LogP contribution in [-0.4, -0.2) is 19.2 Å². The van der Waals surface area contributed by atoms with Crippen molar-refractivity contribution in [2.24, 2.45) is 0 Å². The first-order valence-electron chi connectivity index (χ1n) is 9.23. The van der Waals surface area contributed by atoms with Crippen LogP contribution in [0.25, 0.3) is 6.08 Å².